The van der Waals surface area contributed by atoms with Crippen molar-refractivity contribution in [3.63, 3.8) is 0 Å². The Bertz CT molecular complexity index is 758. The maximum absolute atomic E-state index is 12.4. The number of methoxy groups -OCH3 is 1. The highest BCUT2D eigenvalue weighted by molar-refractivity contribution is 5.71. The van der Waals surface area contributed by atoms with Gasteiger partial charge in [-0.05, 0) is 24.0 Å². The van der Waals surface area contributed by atoms with Gasteiger partial charge in [0.2, 0.25) is 5.88 Å². The molecule has 2 aromatic rings. The highest BCUT2D eigenvalue weighted by atomic mass is 16.6. The van der Waals surface area contributed by atoms with Crippen LogP contribution in [0.4, 0.5) is 4.79 Å². The van der Waals surface area contributed by atoms with Gasteiger partial charge in [0.25, 0.3) is 0 Å². The molecule has 142 valence electrons. The van der Waals surface area contributed by atoms with Crippen molar-refractivity contribution in [1.82, 2.24) is 14.8 Å². The molecule has 1 atom stereocenters. The largest absolute Gasteiger partial charge is 0.481 e. The Morgan fingerprint density at radius 2 is 1.93 bits per heavy atom. The molecule has 2 saturated heterocycles. The second kappa shape index (κ2) is 7.96. The van der Waals surface area contributed by atoms with Crippen molar-refractivity contribution in [1.29, 1.82) is 0 Å². The first kappa shape index (κ1) is 17.8. The van der Waals surface area contributed by atoms with Crippen LogP contribution >= 0.6 is 0 Å². The number of rotatable bonds is 5. The quantitative estimate of drug-likeness (QED) is 0.812. The molecule has 2 aliphatic rings. The molecule has 1 aromatic heterocycles. The number of hydrogen-bond donors (Lipinski definition) is 0. The first-order valence-corrected chi connectivity index (χ1v) is 9.46. The van der Waals surface area contributed by atoms with E-state index in [-0.39, 0.29) is 18.2 Å². The Morgan fingerprint density at radius 1 is 1.15 bits per heavy atom. The standard InChI is InChI=1S/C21H25N3O3/c1-26-20-8-7-16(13-22-20)14-23-11-9-18(10-12-23)24-19(15-27-21(24)25)17-5-3-2-4-6-17/h2-8,13,18-19H,9-12,14-15H2,1H3/t19-/m0/s1. The summed E-state index contributed by atoms with van der Waals surface area (Å²) in [7, 11) is 1.62. The minimum atomic E-state index is -0.179. The van der Waals surface area contributed by atoms with Crippen LogP contribution in [-0.4, -0.2) is 53.7 Å². The zero-order valence-corrected chi connectivity index (χ0v) is 15.6. The van der Waals surface area contributed by atoms with Crippen LogP contribution in [0.25, 0.3) is 0 Å². The Morgan fingerprint density at radius 3 is 2.59 bits per heavy atom. The maximum atomic E-state index is 12.4. The zero-order chi connectivity index (χ0) is 18.6. The van der Waals surface area contributed by atoms with Gasteiger partial charge in [0.1, 0.15) is 6.61 Å². The monoisotopic (exact) mass is 367 g/mol. The maximum Gasteiger partial charge on any atom is 0.410 e. The molecule has 1 amide bonds. The van der Waals surface area contributed by atoms with E-state index in [4.69, 9.17) is 9.47 Å². The number of piperidine rings is 1. The SMILES string of the molecule is COc1ccc(CN2CCC(N3C(=O)OC[C@H]3c3ccccc3)CC2)cn1. The number of amides is 1. The van der Waals surface area contributed by atoms with Crippen LogP contribution in [0.5, 0.6) is 5.88 Å². The molecule has 0 N–H and O–H groups in total. The van der Waals surface area contributed by atoms with Crippen molar-refractivity contribution < 1.29 is 14.3 Å². The van der Waals surface area contributed by atoms with Gasteiger partial charge in [0.15, 0.2) is 0 Å². The van der Waals surface area contributed by atoms with Crippen molar-refractivity contribution >= 4 is 6.09 Å². The second-order valence-electron chi connectivity index (χ2n) is 7.13. The van der Waals surface area contributed by atoms with Crippen LogP contribution < -0.4 is 4.74 Å². The lowest BCUT2D eigenvalue weighted by Gasteiger charge is -2.38. The van der Waals surface area contributed by atoms with E-state index < -0.39 is 0 Å². The van der Waals surface area contributed by atoms with Crippen LogP contribution in [-0.2, 0) is 11.3 Å². The van der Waals surface area contributed by atoms with Crippen molar-refractivity contribution in [3.8, 4) is 5.88 Å². The van der Waals surface area contributed by atoms with Gasteiger partial charge in [-0.3, -0.25) is 9.80 Å². The van der Waals surface area contributed by atoms with Crippen molar-refractivity contribution in [2.75, 3.05) is 26.8 Å². The van der Waals surface area contributed by atoms with E-state index >= 15 is 0 Å². The number of cyclic esters (lactones) is 1. The van der Waals surface area contributed by atoms with Crippen molar-refractivity contribution in [2.45, 2.75) is 31.5 Å². The van der Waals surface area contributed by atoms with Crippen molar-refractivity contribution in [3.05, 3.63) is 59.8 Å². The van der Waals surface area contributed by atoms with Crippen LogP contribution in [0, 0.1) is 0 Å². The molecule has 0 unspecified atom stereocenters. The van der Waals surface area contributed by atoms with Gasteiger partial charge in [-0.25, -0.2) is 9.78 Å². The van der Waals surface area contributed by atoms with E-state index in [9.17, 15) is 4.79 Å². The fraction of sp³-hybridized carbons (Fsp3) is 0.429. The average molecular weight is 367 g/mol. The number of benzene rings is 1. The second-order valence-corrected chi connectivity index (χ2v) is 7.13. The lowest BCUT2D eigenvalue weighted by atomic mass is 9.99. The highest BCUT2D eigenvalue weighted by Gasteiger charge is 2.40. The zero-order valence-electron chi connectivity index (χ0n) is 15.6. The molecule has 2 fully saturated rings. The number of nitrogens with zero attached hydrogens (tertiary/aromatic N) is 3. The minimum Gasteiger partial charge on any atom is -0.481 e. The third-order valence-electron chi connectivity index (χ3n) is 5.46. The molecular formula is C21H25N3O3. The van der Waals surface area contributed by atoms with Gasteiger partial charge < -0.3 is 9.47 Å². The molecule has 0 spiro atoms. The summed E-state index contributed by atoms with van der Waals surface area (Å²) in [6.07, 6.45) is 3.61. The normalized spacial score (nSPS) is 21.3. The molecule has 4 rings (SSSR count). The molecule has 0 radical (unpaired) electrons. The summed E-state index contributed by atoms with van der Waals surface area (Å²) in [5.74, 6) is 0.636. The smallest absolute Gasteiger partial charge is 0.410 e. The average Bonchev–Trinajstić information content (AvgIpc) is 3.11. The van der Waals surface area contributed by atoms with E-state index in [1.54, 1.807) is 7.11 Å². The Labute approximate surface area is 159 Å². The summed E-state index contributed by atoms with van der Waals surface area (Å²) >= 11 is 0. The molecule has 6 heteroatoms. The molecule has 6 nitrogen and oxygen atoms in total. The number of pyridine rings is 1. The van der Waals surface area contributed by atoms with Crippen molar-refractivity contribution in [2.24, 2.45) is 0 Å². The van der Waals surface area contributed by atoms with E-state index in [1.807, 2.05) is 35.4 Å². The summed E-state index contributed by atoms with van der Waals surface area (Å²) in [6, 6.07) is 14.4. The number of hydrogen-bond acceptors (Lipinski definition) is 5. The number of likely N-dealkylation sites (tertiary alicyclic amines) is 1. The lowest BCUT2D eigenvalue weighted by Crippen LogP contribution is -2.45. The van der Waals surface area contributed by atoms with Crippen LogP contribution in [0.3, 0.4) is 0 Å². The molecule has 27 heavy (non-hydrogen) atoms. The Kier molecular flexibility index (Phi) is 5.25. The Balaban J connectivity index is 1.37. The molecule has 0 bridgehead atoms. The molecule has 1 aromatic carbocycles. The fourth-order valence-electron chi connectivity index (χ4n) is 4.01. The first-order valence-electron chi connectivity index (χ1n) is 9.46. The predicted molar refractivity (Wildman–Crippen MR) is 101 cm³/mol. The van der Waals surface area contributed by atoms with Gasteiger partial charge >= 0.3 is 6.09 Å². The molecule has 0 aliphatic carbocycles. The van der Waals surface area contributed by atoms with Gasteiger partial charge in [-0.1, -0.05) is 36.4 Å². The summed E-state index contributed by atoms with van der Waals surface area (Å²) in [5.41, 5.74) is 2.33. The summed E-state index contributed by atoms with van der Waals surface area (Å²) in [5, 5.41) is 0. The van der Waals surface area contributed by atoms with Gasteiger partial charge in [0.05, 0.1) is 13.2 Å². The van der Waals surface area contributed by atoms with E-state index in [0.29, 0.717) is 12.5 Å². The van der Waals surface area contributed by atoms with Crippen LogP contribution in [0.1, 0.15) is 30.0 Å². The van der Waals surface area contributed by atoms with Gasteiger partial charge in [-0.2, -0.15) is 0 Å². The number of carbonyl (C=O) groups is 1. The number of ether oxygens (including phenoxy) is 2. The van der Waals surface area contributed by atoms with Crippen LogP contribution in [0.2, 0.25) is 0 Å². The van der Waals surface area contributed by atoms with Gasteiger partial charge in [0, 0.05) is 37.9 Å². The lowest BCUT2D eigenvalue weighted by molar-refractivity contribution is 0.104. The van der Waals surface area contributed by atoms with E-state index in [1.165, 1.54) is 5.56 Å². The molecule has 2 aliphatic heterocycles. The van der Waals surface area contributed by atoms with Gasteiger partial charge in [-0.15, -0.1) is 0 Å². The first-order chi connectivity index (χ1) is 13.2. The molecule has 0 saturated carbocycles. The summed E-state index contributed by atoms with van der Waals surface area (Å²) in [6.45, 7) is 3.24. The third kappa shape index (κ3) is 3.90. The summed E-state index contributed by atoms with van der Waals surface area (Å²) in [4.78, 5) is 21.0. The third-order valence-corrected chi connectivity index (χ3v) is 5.46. The molecule has 3 heterocycles. The van der Waals surface area contributed by atoms with E-state index in [0.717, 1.165) is 38.0 Å². The predicted octanol–water partition coefficient (Wildman–Crippen LogP) is 3.25. The number of aromatic nitrogens is 1. The van der Waals surface area contributed by atoms with E-state index in [2.05, 4.69) is 28.1 Å². The minimum absolute atomic E-state index is 0.0287. The summed E-state index contributed by atoms with van der Waals surface area (Å²) < 4.78 is 10.5. The topological polar surface area (TPSA) is 54.9 Å². The highest BCUT2D eigenvalue weighted by Crippen LogP contribution is 2.33. The fourth-order valence-corrected chi connectivity index (χ4v) is 4.01. The Hall–Kier alpha value is -2.60. The number of carbonyl (C=O) groups excluding carboxylic acids is 1. The van der Waals surface area contributed by atoms with Crippen LogP contribution in [0.15, 0.2) is 48.7 Å². The molecular weight excluding hydrogens is 342 g/mol.